The second kappa shape index (κ2) is 11.9. The van der Waals surface area contributed by atoms with Crippen molar-refractivity contribution in [3.63, 3.8) is 0 Å². The third kappa shape index (κ3) is 7.33. The summed E-state index contributed by atoms with van der Waals surface area (Å²) in [5.41, 5.74) is -0.389. The first-order chi connectivity index (χ1) is 19.7. The summed E-state index contributed by atoms with van der Waals surface area (Å²) in [6.07, 6.45) is 0. The van der Waals surface area contributed by atoms with Crippen molar-refractivity contribution in [2.45, 2.75) is 14.7 Å². The summed E-state index contributed by atoms with van der Waals surface area (Å²) < 4.78 is 130. The van der Waals surface area contributed by atoms with Crippen molar-refractivity contribution in [3.05, 3.63) is 114 Å². The molecule has 0 aliphatic rings. The summed E-state index contributed by atoms with van der Waals surface area (Å²) in [7, 11) is -13.9. The SMILES string of the molecule is O=C(COS(=O)(=O)c1ccc(F)cc1)c1ccc(OS(=O)(=O)c2ccc(F)cc2)c(OS(=O)(=O)c2ccc(F)cc2)c1. The number of carbonyl (C=O) groups excluding carboxylic acids is 1. The average molecular weight is 643 g/mol. The Labute approximate surface area is 238 Å². The van der Waals surface area contributed by atoms with Gasteiger partial charge in [0.1, 0.15) is 33.8 Å². The van der Waals surface area contributed by atoms with E-state index in [9.17, 15) is 43.2 Å². The monoisotopic (exact) mass is 642 g/mol. The molecule has 0 amide bonds. The molecule has 0 N–H and O–H groups in total. The number of benzene rings is 4. The minimum absolute atomic E-state index is 0.389. The quantitative estimate of drug-likeness (QED) is 0.172. The van der Waals surface area contributed by atoms with Crippen molar-refractivity contribution in [2.24, 2.45) is 0 Å². The molecule has 0 fully saturated rings. The van der Waals surface area contributed by atoms with Gasteiger partial charge in [0, 0.05) is 5.56 Å². The van der Waals surface area contributed by atoms with Crippen LogP contribution in [-0.4, -0.2) is 37.6 Å². The first kappa shape index (κ1) is 30.7. The van der Waals surface area contributed by atoms with E-state index >= 15 is 0 Å². The molecule has 0 aliphatic carbocycles. The van der Waals surface area contributed by atoms with Gasteiger partial charge in [-0.1, -0.05) is 0 Å². The lowest BCUT2D eigenvalue weighted by molar-refractivity contribution is 0.0924. The van der Waals surface area contributed by atoms with E-state index in [1.807, 2.05) is 0 Å². The number of ketones is 1. The Bertz CT molecular complexity index is 1940. The predicted molar refractivity (Wildman–Crippen MR) is 139 cm³/mol. The van der Waals surface area contributed by atoms with E-state index in [-0.39, 0.29) is 5.56 Å². The number of rotatable bonds is 11. The van der Waals surface area contributed by atoms with Crippen LogP contribution in [0.4, 0.5) is 13.2 Å². The van der Waals surface area contributed by atoms with Gasteiger partial charge in [-0.2, -0.15) is 25.3 Å². The summed E-state index contributed by atoms with van der Waals surface area (Å²) in [4.78, 5) is 11.3. The molecule has 42 heavy (non-hydrogen) atoms. The van der Waals surface area contributed by atoms with Gasteiger partial charge >= 0.3 is 20.2 Å². The lowest BCUT2D eigenvalue weighted by atomic mass is 10.1. The minimum Gasteiger partial charge on any atom is -0.375 e. The second-order valence-electron chi connectivity index (χ2n) is 8.24. The van der Waals surface area contributed by atoms with Gasteiger partial charge in [-0.05, 0) is 91.0 Å². The molecular weight excluding hydrogens is 625 g/mol. The molecule has 0 bridgehead atoms. The lowest BCUT2D eigenvalue weighted by Crippen LogP contribution is -2.16. The van der Waals surface area contributed by atoms with Gasteiger partial charge in [0.05, 0.1) is 4.90 Å². The molecule has 0 unspecified atom stereocenters. The van der Waals surface area contributed by atoms with Crippen LogP contribution in [0.15, 0.2) is 106 Å². The van der Waals surface area contributed by atoms with E-state index in [2.05, 4.69) is 0 Å². The van der Waals surface area contributed by atoms with Crippen LogP contribution < -0.4 is 8.37 Å². The molecule has 0 aliphatic heterocycles. The van der Waals surface area contributed by atoms with Crippen LogP contribution in [0.1, 0.15) is 10.4 Å². The molecular formula is C26H17F3O10S3. The van der Waals surface area contributed by atoms with Crippen molar-refractivity contribution < 1.29 is 55.8 Å². The van der Waals surface area contributed by atoms with Gasteiger partial charge in [0.15, 0.2) is 17.3 Å². The van der Waals surface area contributed by atoms with Gasteiger partial charge in [0.2, 0.25) is 0 Å². The molecule has 4 aromatic rings. The van der Waals surface area contributed by atoms with Crippen LogP contribution in [0, 0.1) is 17.5 Å². The Balaban J connectivity index is 1.66. The van der Waals surface area contributed by atoms with Gasteiger partial charge in [0.25, 0.3) is 10.1 Å². The summed E-state index contributed by atoms with van der Waals surface area (Å²) in [5.74, 6) is -4.77. The van der Waals surface area contributed by atoms with Crippen molar-refractivity contribution in [1.82, 2.24) is 0 Å². The van der Waals surface area contributed by atoms with E-state index in [0.717, 1.165) is 91.0 Å². The molecule has 0 heterocycles. The van der Waals surface area contributed by atoms with Gasteiger partial charge < -0.3 is 8.37 Å². The zero-order valence-electron chi connectivity index (χ0n) is 20.8. The van der Waals surface area contributed by atoms with Gasteiger partial charge in [-0.3, -0.25) is 8.98 Å². The molecule has 4 rings (SSSR count). The number of carbonyl (C=O) groups is 1. The molecule has 0 spiro atoms. The molecule has 0 saturated heterocycles. The van der Waals surface area contributed by atoms with Crippen LogP contribution in [0.5, 0.6) is 11.5 Å². The largest absolute Gasteiger partial charge is 0.375 e. The highest BCUT2D eigenvalue weighted by Crippen LogP contribution is 2.34. The summed E-state index contributed by atoms with van der Waals surface area (Å²) in [5, 5.41) is 0. The summed E-state index contributed by atoms with van der Waals surface area (Å²) >= 11 is 0. The van der Waals surface area contributed by atoms with Crippen LogP contribution in [0.2, 0.25) is 0 Å². The zero-order valence-corrected chi connectivity index (χ0v) is 23.3. The Hall–Kier alpha value is -4.25. The van der Waals surface area contributed by atoms with Gasteiger partial charge in [-0.15, -0.1) is 0 Å². The van der Waals surface area contributed by atoms with E-state index < -0.39 is 86.4 Å². The maximum atomic E-state index is 13.3. The van der Waals surface area contributed by atoms with E-state index in [1.54, 1.807) is 0 Å². The molecule has 0 atom stereocenters. The van der Waals surface area contributed by atoms with Crippen molar-refractivity contribution in [2.75, 3.05) is 6.61 Å². The van der Waals surface area contributed by atoms with Gasteiger partial charge in [-0.25, -0.2) is 13.2 Å². The Morgan fingerprint density at radius 1 is 0.524 bits per heavy atom. The third-order valence-electron chi connectivity index (χ3n) is 5.32. The molecule has 4 aromatic carbocycles. The fourth-order valence-corrected chi connectivity index (χ4v) is 5.97. The van der Waals surface area contributed by atoms with Crippen molar-refractivity contribution in [3.8, 4) is 11.5 Å². The molecule has 10 nitrogen and oxygen atoms in total. The smallest absolute Gasteiger partial charge is 0.339 e. The van der Waals surface area contributed by atoms with Crippen molar-refractivity contribution in [1.29, 1.82) is 0 Å². The first-order valence-corrected chi connectivity index (χ1v) is 15.6. The lowest BCUT2D eigenvalue weighted by Gasteiger charge is -2.14. The fraction of sp³-hybridized carbons (Fsp3) is 0.0385. The maximum Gasteiger partial charge on any atom is 0.339 e. The van der Waals surface area contributed by atoms with E-state index in [0.29, 0.717) is 0 Å². The highest BCUT2D eigenvalue weighted by molar-refractivity contribution is 7.87. The molecule has 16 heteroatoms. The standard InChI is InChI=1S/C26H17F3O10S3/c27-18-2-8-21(9-3-18)40(31,32)37-16-24(30)17-1-14-25(38-41(33,34)22-10-4-19(28)5-11-22)26(15-17)39-42(35,36)23-12-6-20(29)7-13-23/h1-15H,16H2. The molecule has 0 radical (unpaired) electrons. The Morgan fingerprint density at radius 3 is 1.33 bits per heavy atom. The van der Waals surface area contributed by atoms with Crippen LogP contribution in [0.25, 0.3) is 0 Å². The Morgan fingerprint density at radius 2 is 0.905 bits per heavy atom. The normalized spacial score (nSPS) is 12.1. The average Bonchev–Trinajstić information content (AvgIpc) is 2.93. The highest BCUT2D eigenvalue weighted by Gasteiger charge is 2.26. The second-order valence-corrected chi connectivity index (χ2v) is 12.9. The summed E-state index contributed by atoms with van der Waals surface area (Å²) in [6, 6.07) is 13.0. The van der Waals surface area contributed by atoms with Crippen LogP contribution in [0.3, 0.4) is 0 Å². The fourth-order valence-electron chi connectivity index (χ4n) is 3.23. The van der Waals surface area contributed by atoms with E-state index in [1.165, 1.54) is 0 Å². The number of halogens is 3. The topological polar surface area (TPSA) is 147 Å². The zero-order chi connectivity index (χ0) is 30.7. The maximum absolute atomic E-state index is 13.3. The van der Waals surface area contributed by atoms with Crippen molar-refractivity contribution >= 4 is 36.1 Å². The minimum atomic E-state index is -4.76. The van der Waals surface area contributed by atoms with Crippen LogP contribution >= 0.6 is 0 Å². The van der Waals surface area contributed by atoms with Crippen LogP contribution in [-0.2, 0) is 34.5 Å². The molecule has 220 valence electrons. The number of Topliss-reactive ketones (excluding diaryl/α,β-unsaturated/α-hetero) is 1. The highest BCUT2D eigenvalue weighted by atomic mass is 32.2. The Kier molecular flexibility index (Phi) is 8.72. The van der Waals surface area contributed by atoms with E-state index in [4.69, 9.17) is 12.5 Å². The number of hydrogen-bond acceptors (Lipinski definition) is 10. The number of hydrogen-bond donors (Lipinski definition) is 0. The summed E-state index contributed by atoms with van der Waals surface area (Å²) in [6.45, 7) is -1.09. The third-order valence-corrected chi connectivity index (χ3v) is 9.09. The molecule has 0 saturated carbocycles. The predicted octanol–water partition coefficient (Wildman–Crippen LogP) is 4.23. The molecule has 0 aromatic heterocycles. The first-order valence-electron chi connectivity index (χ1n) is 11.4.